The summed E-state index contributed by atoms with van der Waals surface area (Å²) in [6.45, 7) is 5.75. The number of piperazine rings is 1. The topological polar surface area (TPSA) is 98.9 Å². The fraction of sp³-hybridized carbons (Fsp3) is 0.333. The van der Waals surface area contributed by atoms with E-state index in [2.05, 4.69) is 37.6 Å². The van der Waals surface area contributed by atoms with Crippen molar-refractivity contribution in [1.82, 2.24) is 20.5 Å². The van der Waals surface area contributed by atoms with Crippen LogP contribution in [0, 0.1) is 0 Å². The van der Waals surface area contributed by atoms with Gasteiger partial charge in [0.2, 0.25) is 11.8 Å². The first-order chi connectivity index (χ1) is 20.5. The van der Waals surface area contributed by atoms with E-state index in [9.17, 15) is 9.59 Å². The molecule has 5 rings (SSSR count). The average Bonchev–Trinajstić information content (AvgIpc) is 3.47. The van der Waals surface area contributed by atoms with Crippen molar-refractivity contribution < 1.29 is 19.1 Å². The maximum Gasteiger partial charge on any atom is 0.243 e. The third-order valence-corrected chi connectivity index (χ3v) is 7.99. The van der Waals surface area contributed by atoms with Gasteiger partial charge in [-0.25, -0.2) is 0 Å². The molecule has 0 saturated carbocycles. The molecule has 1 saturated heterocycles. The fourth-order valence-corrected chi connectivity index (χ4v) is 5.58. The van der Waals surface area contributed by atoms with Gasteiger partial charge < -0.3 is 30.0 Å². The molecule has 2 amide bonds. The second kappa shape index (κ2) is 13.4. The molecule has 9 heteroatoms. The average molecular weight is 570 g/mol. The Kier molecular flexibility index (Phi) is 9.28. The lowest BCUT2D eigenvalue weighted by Crippen LogP contribution is -2.54. The molecule has 1 aliphatic rings. The van der Waals surface area contributed by atoms with Gasteiger partial charge in [-0.1, -0.05) is 49.4 Å². The summed E-state index contributed by atoms with van der Waals surface area (Å²) in [4.78, 5) is 34.8. The molecule has 0 radical (unpaired) electrons. The van der Waals surface area contributed by atoms with Crippen LogP contribution in [0.25, 0.3) is 10.9 Å². The van der Waals surface area contributed by atoms with Gasteiger partial charge in [0.05, 0.1) is 20.8 Å². The number of para-hydroxylation sites is 2. The molecule has 3 N–H and O–H groups in total. The van der Waals surface area contributed by atoms with Gasteiger partial charge in [-0.05, 0) is 41.5 Å². The first-order valence-electron chi connectivity index (χ1n) is 14.3. The summed E-state index contributed by atoms with van der Waals surface area (Å²) in [7, 11) is 3.16. The highest BCUT2D eigenvalue weighted by molar-refractivity contribution is 5.91. The molecule has 0 spiro atoms. The number of carbonyl (C=O) groups is 2. The summed E-state index contributed by atoms with van der Waals surface area (Å²) in [6, 6.07) is 23.1. The summed E-state index contributed by atoms with van der Waals surface area (Å²) in [5.74, 6) is 0.528. The van der Waals surface area contributed by atoms with E-state index in [4.69, 9.17) is 9.47 Å². The first-order valence-corrected chi connectivity index (χ1v) is 14.3. The van der Waals surface area contributed by atoms with Crippen LogP contribution in [-0.2, 0) is 16.1 Å². The number of ether oxygens (including phenoxy) is 2. The molecular formula is C33H39N5O4. The van der Waals surface area contributed by atoms with Crippen LogP contribution in [0.3, 0.4) is 0 Å². The minimum Gasteiger partial charge on any atom is -0.493 e. The molecule has 2 atom stereocenters. The predicted molar refractivity (Wildman–Crippen MR) is 165 cm³/mol. The van der Waals surface area contributed by atoms with E-state index in [0.29, 0.717) is 11.5 Å². The number of nitrogens with one attached hydrogen (secondary N) is 3. The number of benzene rings is 3. The Balaban J connectivity index is 1.27. The van der Waals surface area contributed by atoms with Crippen LogP contribution in [0.2, 0.25) is 0 Å². The number of hydrogen-bond donors (Lipinski definition) is 3. The Morgan fingerprint density at radius 2 is 1.62 bits per heavy atom. The van der Waals surface area contributed by atoms with Crippen molar-refractivity contribution in [2.45, 2.75) is 25.4 Å². The Morgan fingerprint density at radius 1 is 0.905 bits per heavy atom. The van der Waals surface area contributed by atoms with Crippen LogP contribution in [0.1, 0.15) is 24.0 Å². The zero-order chi connectivity index (χ0) is 29.5. The van der Waals surface area contributed by atoms with E-state index in [-0.39, 0.29) is 30.8 Å². The third-order valence-electron chi connectivity index (χ3n) is 7.99. The monoisotopic (exact) mass is 569 g/mol. The summed E-state index contributed by atoms with van der Waals surface area (Å²) in [5.41, 5.74) is 4.03. The number of aromatic nitrogens is 1. The summed E-state index contributed by atoms with van der Waals surface area (Å²) < 4.78 is 10.7. The van der Waals surface area contributed by atoms with Crippen molar-refractivity contribution in [2.75, 3.05) is 51.8 Å². The summed E-state index contributed by atoms with van der Waals surface area (Å²) >= 11 is 0. The Morgan fingerprint density at radius 3 is 2.36 bits per heavy atom. The molecule has 220 valence electrons. The molecule has 2 unspecified atom stereocenters. The molecule has 1 aliphatic heterocycles. The number of rotatable bonds is 11. The summed E-state index contributed by atoms with van der Waals surface area (Å²) in [6.07, 6.45) is 1.93. The SMILES string of the molecule is COc1ccc(CNC(=O)C(NC(=O)CN2CCN(c3ccccc3)CC2)C(C)c2c[nH]c3ccccc23)cc1OC. The maximum absolute atomic E-state index is 13.7. The van der Waals surface area contributed by atoms with Gasteiger partial charge in [-0.15, -0.1) is 0 Å². The minimum atomic E-state index is -0.762. The number of carbonyl (C=O) groups excluding carboxylic acids is 2. The van der Waals surface area contributed by atoms with Crippen LogP contribution in [0.15, 0.2) is 79.0 Å². The normalized spacial score (nSPS) is 15.2. The zero-order valence-corrected chi connectivity index (χ0v) is 24.4. The van der Waals surface area contributed by atoms with Gasteiger partial charge in [-0.3, -0.25) is 14.5 Å². The third kappa shape index (κ3) is 6.69. The minimum absolute atomic E-state index is 0.166. The van der Waals surface area contributed by atoms with Crippen molar-refractivity contribution in [3.8, 4) is 11.5 Å². The smallest absolute Gasteiger partial charge is 0.243 e. The van der Waals surface area contributed by atoms with Crippen molar-refractivity contribution in [2.24, 2.45) is 0 Å². The standard InChI is InChI=1S/C33H39N5O4/c1-23(27-21-34-28-12-8-7-11-26(27)28)32(33(40)35-20-24-13-14-29(41-2)30(19-24)42-3)36-31(39)22-37-15-17-38(18-16-37)25-9-5-4-6-10-25/h4-14,19,21,23,32,34H,15-18,20,22H2,1-3H3,(H,35,40)(H,36,39). The Hall–Kier alpha value is -4.50. The predicted octanol–water partition coefficient (Wildman–Crippen LogP) is 3.91. The van der Waals surface area contributed by atoms with Gasteiger partial charge in [0.25, 0.3) is 0 Å². The molecule has 1 fully saturated rings. The van der Waals surface area contributed by atoms with Gasteiger partial charge in [0.1, 0.15) is 6.04 Å². The van der Waals surface area contributed by atoms with E-state index < -0.39 is 6.04 Å². The van der Waals surface area contributed by atoms with Crippen LogP contribution in [0.4, 0.5) is 5.69 Å². The maximum atomic E-state index is 13.7. The van der Waals surface area contributed by atoms with Crippen LogP contribution in [0.5, 0.6) is 11.5 Å². The molecule has 0 bridgehead atoms. The van der Waals surface area contributed by atoms with Gasteiger partial charge in [0, 0.05) is 61.4 Å². The van der Waals surface area contributed by atoms with E-state index in [1.165, 1.54) is 5.69 Å². The molecular weight excluding hydrogens is 530 g/mol. The first kappa shape index (κ1) is 29.0. The van der Waals surface area contributed by atoms with Gasteiger partial charge >= 0.3 is 0 Å². The lowest BCUT2D eigenvalue weighted by Gasteiger charge is -2.36. The number of methoxy groups -OCH3 is 2. The van der Waals surface area contributed by atoms with Crippen molar-refractivity contribution in [3.05, 3.63) is 90.1 Å². The number of amides is 2. The van der Waals surface area contributed by atoms with Gasteiger partial charge in [-0.2, -0.15) is 0 Å². The molecule has 9 nitrogen and oxygen atoms in total. The van der Waals surface area contributed by atoms with Crippen LogP contribution in [-0.4, -0.2) is 74.7 Å². The second-order valence-corrected chi connectivity index (χ2v) is 10.6. The highest BCUT2D eigenvalue weighted by Crippen LogP contribution is 2.29. The van der Waals surface area contributed by atoms with E-state index in [0.717, 1.165) is 48.2 Å². The molecule has 42 heavy (non-hydrogen) atoms. The Bertz CT molecular complexity index is 1500. The number of H-pyrrole nitrogens is 1. The molecule has 4 aromatic rings. The lowest BCUT2D eigenvalue weighted by molar-refractivity contribution is -0.130. The molecule has 2 heterocycles. The number of hydrogen-bond acceptors (Lipinski definition) is 6. The van der Waals surface area contributed by atoms with Crippen molar-refractivity contribution in [1.29, 1.82) is 0 Å². The van der Waals surface area contributed by atoms with E-state index in [1.54, 1.807) is 14.2 Å². The summed E-state index contributed by atoms with van der Waals surface area (Å²) in [5, 5.41) is 7.14. The number of anilines is 1. The molecule has 3 aromatic carbocycles. The quantitative estimate of drug-likeness (QED) is 0.253. The van der Waals surface area contributed by atoms with E-state index >= 15 is 0 Å². The lowest BCUT2D eigenvalue weighted by atomic mass is 9.92. The number of fused-ring (bicyclic) bond motifs is 1. The highest BCUT2D eigenvalue weighted by atomic mass is 16.5. The Labute approximate surface area is 246 Å². The van der Waals surface area contributed by atoms with Crippen molar-refractivity contribution >= 4 is 28.4 Å². The van der Waals surface area contributed by atoms with Crippen LogP contribution >= 0.6 is 0 Å². The van der Waals surface area contributed by atoms with Crippen molar-refractivity contribution in [3.63, 3.8) is 0 Å². The zero-order valence-electron chi connectivity index (χ0n) is 24.4. The largest absolute Gasteiger partial charge is 0.493 e. The van der Waals surface area contributed by atoms with E-state index in [1.807, 2.05) is 73.8 Å². The fourth-order valence-electron chi connectivity index (χ4n) is 5.58. The molecule has 1 aromatic heterocycles. The second-order valence-electron chi connectivity index (χ2n) is 10.6. The van der Waals surface area contributed by atoms with Gasteiger partial charge in [0.15, 0.2) is 11.5 Å². The molecule has 0 aliphatic carbocycles. The van der Waals surface area contributed by atoms with Crippen LogP contribution < -0.4 is 25.0 Å². The number of nitrogens with zero attached hydrogens (tertiary/aromatic N) is 2. The highest BCUT2D eigenvalue weighted by Gasteiger charge is 2.30. The number of aromatic amines is 1.